The van der Waals surface area contributed by atoms with Crippen LogP contribution >= 0.6 is 0 Å². The molecular formula is C17H14F2N2. The van der Waals surface area contributed by atoms with Gasteiger partial charge in [0.1, 0.15) is 11.6 Å². The lowest BCUT2D eigenvalue weighted by Gasteiger charge is -2.18. The molecule has 0 amide bonds. The molecule has 0 aliphatic rings. The van der Waals surface area contributed by atoms with Gasteiger partial charge in [0, 0.05) is 23.2 Å². The molecule has 4 heteroatoms. The number of halogens is 2. The van der Waals surface area contributed by atoms with Gasteiger partial charge >= 0.3 is 0 Å². The number of fused-ring (bicyclic) bond motifs is 1. The third-order valence-electron chi connectivity index (χ3n) is 3.54. The van der Waals surface area contributed by atoms with Crippen LogP contribution < -0.4 is 5.32 Å². The van der Waals surface area contributed by atoms with E-state index in [4.69, 9.17) is 0 Å². The van der Waals surface area contributed by atoms with Gasteiger partial charge in [-0.2, -0.15) is 0 Å². The number of nitrogens with zero attached hydrogens (tertiary/aromatic N) is 1. The minimum Gasteiger partial charge on any atom is -0.308 e. The molecule has 2 nitrogen and oxygen atoms in total. The van der Waals surface area contributed by atoms with E-state index >= 15 is 0 Å². The number of hydrogen-bond donors (Lipinski definition) is 1. The van der Waals surface area contributed by atoms with E-state index in [2.05, 4.69) is 10.3 Å². The first-order valence-corrected chi connectivity index (χ1v) is 6.66. The fraction of sp³-hybridized carbons (Fsp3) is 0.118. The van der Waals surface area contributed by atoms with Crippen molar-refractivity contribution in [1.82, 2.24) is 10.3 Å². The summed E-state index contributed by atoms with van der Waals surface area (Å²) in [5.41, 5.74) is 1.10. The molecule has 1 aromatic heterocycles. The van der Waals surface area contributed by atoms with Crippen LogP contribution in [0.1, 0.15) is 17.3 Å². The van der Waals surface area contributed by atoms with Crippen LogP contribution in [0.4, 0.5) is 8.78 Å². The molecule has 106 valence electrons. The molecule has 1 atom stereocenters. The highest BCUT2D eigenvalue weighted by Crippen LogP contribution is 2.28. The first kappa shape index (κ1) is 13.6. The Morgan fingerprint density at radius 2 is 1.86 bits per heavy atom. The largest absolute Gasteiger partial charge is 0.308 e. The summed E-state index contributed by atoms with van der Waals surface area (Å²) < 4.78 is 27.2. The van der Waals surface area contributed by atoms with Crippen molar-refractivity contribution in [3.05, 3.63) is 77.6 Å². The summed E-state index contributed by atoms with van der Waals surface area (Å²) in [7, 11) is 1.73. The minimum atomic E-state index is -0.586. The lowest BCUT2D eigenvalue weighted by atomic mass is 9.98. The number of pyridine rings is 1. The maximum atomic E-state index is 14.1. The fourth-order valence-corrected chi connectivity index (χ4v) is 2.55. The topological polar surface area (TPSA) is 24.9 Å². The van der Waals surface area contributed by atoms with Crippen molar-refractivity contribution in [3.63, 3.8) is 0 Å². The molecule has 0 fully saturated rings. The normalized spacial score (nSPS) is 12.5. The van der Waals surface area contributed by atoms with Gasteiger partial charge in [0.2, 0.25) is 0 Å². The summed E-state index contributed by atoms with van der Waals surface area (Å²) in [6.07, 6.45) is 1.70. The molecule has 0 aliphatic carbocycles. The SMILES string of the molecule is CNC(c1ccc(F)cc1F)c1nccc2ccccc12. The van der Waals surface area contributed by atoms with E-state index in [0.29, 0.717) is 5.56 Å². The van der Waals surface area contributed by atoms with Crippen LogP contribution in [0, 0.1) is 11.6 Å². The second-order valence-electron chi connectivity index (χ2n) is 4.80. The summed E-state index contributed by atoms with van der Waals surface area (Å²) in [6.45, 7) is 0. The van der Waals surface area contributed by atoms with Gasteiger partial charge in [-0.25, -0.2) is 8.78 Å². The number of hydrogen-bond acceptors (Lipinski definition) is 2. The van der Waals surface area contributed by atoms with Crippen molar-refractivity contribution in [2.45, 2.75) is 6.04 Å². The summed E-state index contributed by atoms with van der Waals surface area (Å²) in [5, 5.41) is 5.04. The molecule has 3 aromatic rings. The van der Waals surface area contributed by atoms with Crippen LogP contribution in [0.2, 0.25) is 0 Å². The first-order valence-electron chi connectivity index (χ1n) is 6.66. The first-order chi connectivity index (χ1) is 10.2. The number of benzene rings is 2. The van der Waals surface area contributed by atoms with Gasteiger partial charge < -0.3 is 5.32 Å². The maximum Gasteiger partial charge on any atom is 0.131 e. The molecule has 2 aromatic carbocycles. The van der Waals surface area contributed by atoms with Gasteiger partial charge in [-0.05, 0) is 24.6 Å². The summed E-state index contributed by atoms with van der Waals surface area (Å²) in [6, 6.07) is 12.9. The highest BCUT2D eigenvalue weighted by atomic mass is 19.1. The lowest BCUT2D eigenvalue weighted by molar-refractivity contribution is 0.549. The number of aromatic nitrogens is 1. The third-order valence-corrected chi connectivity index (χ3v) is 3.54. The zero-order valence-electron chi connectivity index (χ0n) is 11.5. The van der Waals surface area contributed by atoms with Crippen molar-refractivity contribution >= 4 is 10.8 Å². The van der Waals surface area contributed by atoms with Crippen molar-refractivity contribution in [2.24, 2.45) is 0 Å². The van der Waals surface area contributed by atoms with Gasteiger partial charge in [-0.15, -0.1) is 0 Å². The molecule has 0 saturated carbocycles. The average molecular weight is 284 g/mol. The Morgan fingerprint density at radius 3 is 2.62 bits per heavy atom. The zero-order chi connectivity index (χ0) is 14.8. The van der Waals surface area contributed by atoms with E-state index in [-0.39, 0.29) is 0 Å². The molecule has 1 unspecified atom stereocenters. The Labute approximate surface area is 121 Å². The van der Waals surface area contributed by atoms with Crippen molar-refractivity contribution < 1.29 is 8.78 Å². The van der Waals surface area contributed by atoms with Gasteiger partial charge in [0.15, 0.2) is 0 Å². The van der Waals surface area contributed by atoms with Crippen LogP contribution in [0.15, 0.2) is 54.7 Å². The highest BCUT2D eigenvalue weighted by Gasteiger charge is 2.19. The monoisotopic (exact) mass is 284 g/mol. The van der Waals surface area contributed by atoms with E-state index in [1.54, 1.807) is 13.2 Å². The van der Waals surface area contributed by atoms with Gasteiger partial charge in [0.05, 0.1) is 11.7 Å². The maximum absolute atomic E-state index is 14.1. The highest BCUT2D eigenvalue weighted by molar-refractivity contribution is 5.85. The Balaban J connectivity index is 2.18. The Morgan fingerprint density at radius 1 is 1.05 bits per heavy atom. The van der Waals surface area contributed by atoms with Crippen LogP contribution in [-0.2, 0) is 0 Å². The molecule has 1 heterocycles. The van der Waals surface area contributed by atoms with E-state index in [1.807, 2.05) is 30.3 Å². The fourth-order valence-electron chi connectivity index (χ4n) is 2.55. The standard InChI is InChI=1S/C17H14F2N2/c1-20-16(14-7-6-12(18)10-15(14)19)17-13-5-3-2-4-11(13)8-9-21-17/h2-10,16,20H,1H3. The molecule has 0 bridgehead atoms. The van der Waals surface area contributed by atoms with Gasteiger partial charge in [0.25, 0.3) is 0 Å². The van der Waals surface area contributed by atoms with Gasteiger partial charge in [-0.1, -0.05) is 30.3 Å². The predicted molar refractivity (Wildman–Crippen MR) is 79.0 cm³/mol. The van der Waals surface area contributed by atoms with Crippen molar-refractivity contribution in [2.75, 3.05) is 7.05 Å². The van der Waals surface area contributed by atoms with E-state index in [1.165, 1.54) is 12.1 Å². The van der Waals surface area contributed by atoms with Crippen LogP contribution in [0.25, 0.3) is 10.8 Å². The average Bonchev–Trinajstić information content (AvgIpc) is 2.50. The van der Waals surface area contributed by atoms with Crippen LogP contribution in [0.3, 0.4) is 0 Å². The number of nitrogens with one attached hydrogen (secondary N) is 1. The molecule has 0 aliphatic heterocycles. The van der Waals surface area contributed by atoms with E-state index in [0.717, 1.165) is 22.5 Å². The lowest BCUT2D eigenvalue weighted by Crippen LogP contribution is -2.20. The molecule has 0 spiro atoms. The Hall–Kier alpha value is -2.33. The summed E-state index contributed by atoms with van der Waals surface area (Å²) in [5.74, 6) is -1.17. The van der Waals surface area contributed by atoms with Gasteiger partial charge in [-0.3, -0.25) is 4.98 Å². The molecule has 21 heavy (non-hydrogen) atoms. The Kier molecular flexibility index (Phi) is 3.62. The number of rotatable bonds is 3. The quantitative estimate of drug-likeness (QED) is 0.791. The smallest absolute Gasteiger partial charge is 0.131 e. The molecule has 0 radical (unpaired) electrons. The van der Waals surface area contributed by atoms with Crippen LogP contribution in [0.5, 0.6) is 0 Å². The Bertz CT molecular complexity index is 781. The minimum absolute atomic E-state index is 0.378. The third kappa shape index (κ3) is 2.50. The van der Waals surface area contributed by atoms with Crippen LogP contribution in [-0.4, -0.2) is 12.0 Å². The zero-order valence-corrected chi connectivity index (χ0v) is 11.5. The molecule has 3 rings (SSSR count). The summed E-state index contributed by atoms with van der Waals surface area (Å²) in [4.78, 5) is 4.40. The summed E-state index contributed by atoms with van der Waals surface area (Å²) >= 11 is 0. The molecule has 1 N–H and O–H groups in total. The predicted octanol–water partition coefficient (Wildman–Crippen LogP) is 3.82. The van der Waals surface area contributed by atoms with Crippen molar-refractivity contribution in [1.29, 1.82) is 0 Å². The molecule has 0 saturated heterocycles. The van der Waals surface area contributed by atoms with Crippen molar-refractivity contribution in [3.8, 4) is 0 Å². The second-order valence-corrected chi connectivity index (χ2v) is 4.80. The molecular weight excluding hydrogens is 270 g/mol. The van der Waals surface area contributed by atoms with E-state index < -0.39 is 17.7 Å². The van der Waals surface area contributed by atoms with E-state index in [9.17, 15) is 8.78 Å². The second kappa shape index (κ2) is 5.58.